The zero-order valence-corrected chi connectivity index (χ0v) is 17.7. The molecule has 2 aliphatic rings. The minimum atomic E-state index is -0.604. The molecule has 11 nitrogen and oxygen atoms in total. The third-order valence-electron chi connectivity index (χ3n) is 5.61. The molecule has 168 valence electrons. The Morgan fingerprint density at radius 3 is 2.69 bits per heavy atom. The summed E-state index contributed by atoms with van der Waals surface area (Å²) in [7, 11) is 0. The molecule has 4 heterocycles. The van der Waals surface area contributed by atoms with Crippen molar-refractivity contribution >= 4 is 29.4 Å². The molecule has 0 spiro atoms. The predicted octanol–water partition coefficient (Wildman–Crippen LogP) is 1.05. The molecule has 3 amide bonds. The quantitative estimate of drug-likeness (QED) is 0.704. The van der Waals surface area contributed by atoms with E-state index in [1.807, 2.05) is 11.0 Å². The van der Waals surface area contributed by atoms with Crippen molar-refractivity contribution in [3.05, 3.63) is 42.0 Å². The Bertz CT molecular complexity index is 1020. The van der Waals surface area contributed by atoms with Crippen molar-refractivity contribution in [2.75, 3.05) is 29.9 Å². The lowest BCUT2D eigenvalue weighted by molar-refractivity contribution is -0.182. The van der Waals surface area contributed by atoms with Crippen molar-refractivity contribution in [1.82, 2.24) is 20.0 Å². The average molecular weight is 439 g/mol. The Labute approximate surface area is 184 Å². The number of amides is 3. The van der Waals surface area contributed by atoms with Crippen LogP contribution in [0.3, 0.4) is 0 Å². The van der Waals surface area contributed by atoms with Gasteiger partial charge in [-0.1, -0.05) is 0 Å². The number of nitrogens with one attached hydrogen (secondary N) is 1. The van der Waals surface area contributed by atoms with Crippen LogP contribution in [0.15, 0.2) is 30.7 Å². The maximum absolute atomic E-state index is 13.2. The normalized spacial score (nSPS) is 19.1. The number of carbonyl (C=O) groups is 3. The molecule has 4 rings (SSSR count). The number of hydrogen-bond acceptors (Lipinski definition) is 8. The summed E-state index contributed by atoms with van der Waals surface area (Å²) >= 11 is 0. The summed E-state index contributed by atoms with van der Waals surface area (Å²) in [5.74, 6) is -0.616. The lowest BCUT2D eigenvalue weighted by atomic mass is 9.95. The van der Waals surface area contributed by atoms with Crippen LogP contribution in [0, 0.1) is 5.92 Å². The molecule has 0 radical (unpaired) electrons. The van der Waals surface area contributed by atoms with Crippen LogP contribution >= 0.6 is 0 Å². The van der Waals surface area contributed by atoms with Gasteiger partial charge in [-0.25, -0.2) is 15.0 Å². The van der Waals surface area contributed by atoms with Crippen LogP contribution in [-0.2, 0) is 14.4 Å². The van der Waals surface area contributed by atoms with Gasteiger partial charge < -0.3 is 16.0 Å². The molecule has 3 N–H and O–H groups in total. The van der Waals surface area contributed by atoms with Crippen molar-refractivity contribution in [1.29, 1.82) is 0 Å². The first-order chi connectivity index (χ1) is 15.4. The first-order valence-electron chi connectivity index (χ1n) is 10.5. The number of aromatic nitrogens is 3. The van der Waals surface area contributed by atoms with Gasteiger partial charge in [-0.2, -0.15) is 0 Å². The van der Waals surface area contributed by atoms with Crippen molar-refractivity contribution in [2.45, 2.75) is 32.2 Å². The number of rotatable bonds is 5. The molecule has 2 aromatic heterocycles. The highest BCUT2D eigenvalue weighted by molar-refractivity contribution is 5.91. The summed E-state index contributed by atoms with van der Waals surface area (Å²) in [4.78, 5) is 56.2. The van der Waals surface area contributed by atoms with Crippen LogP contribution in [0.5, 0.6) is 0 Å². The largest absolute Gasteiger partial charge is 0.364 e. The van der Waals surface area contributed by atoms with Crippen LogP contribution in [0.1, 0.15) is 48.3 Å². The molecular formula is C21H25N7O4. The van der Waals surface area contributed by atoms with Crippen molar-refractivity contribution < 1.29 is 19.2 Å². The number of pyridine rings is 1. The van der Waals surface area contributed by atoms with Gasteiger partial charge in [0, 0.05) is 44.7 Å². The van der Waals surface area contributed by atoms with Crippen molar-refractivity contribution in [3.8, 4) is 0 Å². The maximum Gasteiger partial charge on any atom is 0.267 e. The third-order valence-corrected chi connectivity index (χ3v) is 5.61. The minimum Gasteiger partial charge on any atom is -0.364 e. The first-order valence-corrected chi connectivity index (χ1v) is 10.5. The molecule has 2 fully saturated rings. The second-order valence-corrected chi connectivity index (χ2v) is 7.86. The van der Waals surface area contributed by atoms with Crippen molar-refractivity contribution in [2.24, 2.45) is 11.7 Å². The van der Waals surface area contributed by atoms with Gasteiger partial charge in [0.1, 0.15) is 5.69 Å². The molecule has 2 aromatic rings. The van der Waals surface area contributed by atoms with Gasteiger partial charge in [-0.05, 0) is 30.5 Å². The van der Waals surface area contributed by atoms with Gasteiger partial charge >= 0.3 is 0 Å². The van der Waals surface area contributed by atoms with E-state index in [-0.39, 0.29) is 29.5 Å². The fourth-order valence-electron chi connectivity index (χ4n) is 4.05. The summed E-state index contributed by atoms with van der Waals surface area (Å²) in [5, 5.41) is 4.17. The first kappa shape index (κ1) is 21.6. The molecule has 2 aliphatic heterocycles. The number of nitrogens with zero attached hydrogens (tertiary/aromatic N) is 5. The molecular weight excluding hydrogens is 414 g/mol. The Balaban J connectivity index is 1.41. The van der Waals surface area contributed by atoms with Gasteiger partial charge in [-0.15, -0.1) is 0 Å². The molecule has 32 heavy (non-hydrogen) atoms. The highest BCUT2D eigenvalue weighted by atomic mass is 16.7. The van der Waals surface area contributed by atoms with Crippen molar-refractivity contribution in [3.63, 3.8) is 0 Å². The average Bonchev–Trinajstić information content (AvgIpc) is 3.28. The van der Waals surface area contributed by atoms with Gasteiger partial charge in [0.25, 0.3) is 5.91 Å². The topological polar surface area (TPSA) is 144 Å². The minimum absolute atomic E-state index is 0.0658. The van der Waals surface area contributed by atoms with Crippen LogP contribution in [-0.4, -0.2) is 57.4 Å². The Hall–Kier alpha value is -3.60. The van der Waals surface area contributed by atoms with E-state index >= 15 is 0 Å². The second-order valence-electron chi connectivity index (χ2n) is 7.86. The van der Waals surface area contributed by atoms with E-state index in [4.69, 9.17) is 10.6 Å². The van der Waals surface area contributed by atoms with Gasteiger partial charge in [-0.3, -0.25) is 24.2 Å². The number of hydrogen-bond donors (Lipinski definition) is 2. The molecule has 0 saturated carbocycles. The summed E-state index contributed by atoms with van der Waals surface area (Å²) in [6.07, 6.45) is 6.64. The van der Waals surface area contributed by atoms with Crippen LogP contribution in [0.2, 0.25) is 0 Å². The molecule has 2 saturated heterocycles. The third kappa shape index (κ3) is 4.67. The standard InChI is InChI=1S/C21H25N7O4/c1-13(29)25-16-10-15(11-23-12-16)18-5-9-32-28(18)20(31)14-3-7-27(8-4-14)21-24-6-2-17(26-21)19(22)30/h2,6,10-12,14,18H,3-5,7-9H2,1H3,(H2,22,30)(H,25,29)/t18-/m0/s1. The van der Waals surface area contributed by atoms with E-state index in [0.717, 1.165) is 5.56 Å². The SMILES string of the molecule is CC(=O)Nc1cncc([C@@H]2CCON2C(=O)C2CCN(c3nccc(C(N)=O)n3)CC2)c1. The monoisotopic (exact) mass is 439 g/mol. The van der Waals surface area contributed by atoms with Gasteiger partial charge in [0.2, 0.25) is 17.8 Å². The maximum atomic E-state index is 13.2. The zero-order chi connectivity index (χ0) is 22.7. The Morgan fingerprint density at radius 2 is 1.97 bits per heavy atom. The smallest absolute Gasteiger partial charge is 0.267 e. The highest BCUT2D eigenvalue weighted by Gasteiger charge is 2.37. The van der Waals surface area contributed by atoms with E-state index in [1.165, 1.54) is 24.3 Å². The Morgan fingerprint density at radius 1 is 1.19 bits per heavy atom. The summed E-state index contributed by atoms with van der Waals surface area (Å²) in [5.41, 5.74) is 6.86. The Kier molecular flexibility index (Phi) is 6.26. The molecule has 0 unspecified atom stereocenters. The lowest BCUT2D eigenvalue weighted by Crippen LogP contribution is -2.42. The molecule has 11 heteroatoms. The summed E-state index contributed by atoms with van der Waals surface area (Å²) in [6.45, 7) is 3.03. The second kappa shape index (κ2) is 9.27. The number of carbonyl (C=O) groups excluding carboxylic acids is 3. The number of hydroxylamine groups is 2. The van der Waals surface area contributed by atoms with Crippen LogP contribution < -0.4 is 16.0 Å². The van der Waals surface area contributed by atoms with E-state index in [9.17, 15) is 14.4 Å². The zero-order valence-electron chi connectivity index (χ0n) is 17.7. The molecule has 0 bridgehead atoms. The van der Waals surface area contributed by atoms with E-state index in [1.54, 1.807) is 12.4 Å². The molecule has 0 aromatic carbocycles. The fourth-order valence-corrected chi connectivity index (χ4v) is 4.05. The number of piperidine rings is 1. The van der Waals surface area contributed by atoms with Crippen LogP contribution in [0.4, 0.5) is 11.6 Å². The number of nitrogens with two attached hydrogens (primary N) is 1. The highest BCUT2D eigenvalue weighted by Crippen LogP contribution is 2.34. The summed E-state index contributed by atoms with van der Waals surface area (Å²) < 4.78 is 0. The van der Waals surface area contributed by atoms with E-state index in [0.29, 0.717) is 50.6 Å². The number of primary amides is 1. The fraction of sp³-hybridized carbons (Fsp3) is 0.429. The van der Waals surface area contributed by atoms with Gasteiger partial charge in [0.15, 0.2) is 0 Å². The summed E-state index contributed by atoms with van der Waals surface area (Å²) in [6, 6.07) is 3.04. The molecule has 1 atom stereocenters. The van der Waals surface area contributed by atoms with E-state index in [2.05, 4.69) is 20.3 Å². The predicted molar refractivity (Wildman–Crippen MR) is 114 cm³/mol. The van der Waals surface area contributed by atoms with E-state index < -0.39 is 5.91 Å². The number of anilines is 2. The lowest BCUT2D eigenvalue weighted by Gasteiger charge is -2.34. The van der Waals surface area contributed by atoms with Crippen LogP contribution in [0.25, 0.3) is 0 Å². The van der Waals surface area contributed by atoms with Gasteiger partial charge in [0.05, 0.1) is 24.5 Å². The molecule has 0 aliphatic carbocycles.